The number of nitrogens with one attached hydrogen (secondary N) is 1. The SMILES string of the molecule is CC1(O)CCC(c2nc3c(C4CCN(C(=O)OC(C)(C)C)CC4)c(F)cnc3[nH]2)CC1. The van der Waals surface area contributed by atoms with Crippen LogP contribution in [0.15, 0.2) is 6.20 Å². The Kier molecular flexibility index (Phi) is 5.70. The quantitative estimate of drug-likeness (QED) is 0.723. The number of amides is 1. The molecule has 3 heterocycles. The van der Waals surface area contributed by atoms with E-state index in [9.17, 15) is 14.3 Å². The molecule has 2 N–H and O–H groups in total. The van der Waals surface area contributed by atoms with Gasteiger partial charge >= 0.3 is 6.09 Å². The first kappa shape index (κ1) is 22.0. The Morgan fingerprint density at radius 2 is 1.87 bits per heavy atom. The number of piperidine rings is 1. The Morgan fingerprint density at radius 1 is 1.23 bits per heavy atom. The first-order valence-corrected chi connectivity index (χ1v) is 11.3. The number of imidazole rings is 1. The van der Waals surface area contributed by atoms with Gasteiger partial charge in [-0.3, -0.25) is 0 Å². The van der Waals surface area contributed by atoms with Crippen LogP contribution in [-0.2, 0) is 4.74 Å². The number of aliphatic hydroxyl groups is 1. The van der Waals surface area contributed by atoms with Crippen LogP contribution in [0, 0.1) is 5.82 Å². The predicted molar refractivity (Wildman–Crippen MR) is 115 cm³/mol. The van der Waals surface area contributed by atoms with Crippen molar-refractivity contribution in [3.05, 3.63) is 23.4 Å². The zero-order valence-electron chi connectivity index (χ0n) is 18.9. The number of aromatic amines is 1. The minimum atomic E-state index is -0.611. The van der Waals surface area contributed by atoms with Crippen molar-refractivity contribution in [2.75, 3.05) is 13.1 Å². The average molecular weight is 433 g/mol. The normalized spacial score (nSPS) is 25.7. The summed E-state index contributed by atoms with van der Waals surface area (Å²) in [6.07, 6.45) is 5.41. The van der Waals surface area contributed by atoms with Gasteiger partial charge in [0.25, 0.3) is 0 Å². The third-order valence-electron chi connectivity index (χ3n) is 6.53. The van der Waals surface area contributed by atoms with Gasteiger partial charge in [-0.1, -0.05) is 0 Å². The summed E-state index contributed by atoms with van der Waals surface area (Å²) in [4.78, 5) is 26.4. The van der Waals surface area contributed by atoms with Crippen LogP contribution in [0.3, 0.4) is 0 Å². The summed E-state index contributed by atoms with van der Waals surface area (Å²) >= 11 is 0. The number of rotatable bonds is 2. The molecule has 0 spiro atoms. The largest absolute Gasteiger partial charge is 0.444 e. The van der Waals surface area contributed by atoms with Crippen molar-refractivity contribution >= 4 is 17.3 Å². The van der Waals surface area contributed by atoms with Crippen molar-refractivity contribution in [2.45, 2.75) is 89.3 Å². The first-order chi connectivity index (χ1) is 14.5. The van der Waals surface area contributed by atoms with Crippen LogP contribution in [-0.4, -0.2) is 55.3 Å². The van der Waals surface area contributed by atoms with Crippen molar-refractivity contribution in [1.29, 1.82) is 0 Å². The highest BCUT2D eigenvalue weighted by atomic mass is 19.1. The average Bonchev–Trinajstić information content (AvgIpc) is 3.11. The monoisotopic (exact) mass is 432 g/mol. The highest BCUT2D eigenvalue weighted by molar-refractivity contribution is 5.76. The Labute approximate surface area is 182 Å². The van der Waals surface area contributed by atoms with Crippen molar-refractivity contribution in [3.8, 4) is 0 Å². The summed E-state index contributed by atoms with van der Waals surface area (Å²) in [5.74, 6) is 0.690. The summed E-state index contributed by atoms with van der Waals surface area (Å²) in [5, 5.41) is 10.2. The molecule has 0 bridgehead atoms. The van der Waals surface area contributed by atoms with E-state index in [1.165, 1.54) is 6.20 Å². The highest BCUT2D eigenvalue weighted by Crippen LogP contribution is 2.39. The zero-order chi connectivity index (χ0) is 22.4. The van der Waals surface area contributed by atoms with E-state index in [2.05, 4.69) is 9.97 Å². The molecule has 170 valence electrons. The van der Waals surface area contributed by atoms with Crippen LogP contribution in [0.25, 0.3) is 11.2 Å². The Balaban J connectivity index is 1.51. The second-order valence-electron chi connectivity index (χ2n) is 10.4. The molecule has 0 unspecified atom stereocenters. The van der Waals surface area contributed by atoms with Gasteiger partial charge in [-0.2, -0.15) is 0 Å². The number of nitrogens with zero attached hydrogens (tertiary/aromatic N) is 3. The van der Waals surface area contributed by atoms with Gasteiger partial charge in [0, 0.05) is 24.6 Å². The lowest BCUT2D eigenvalue weighted by molar-refractivity contribution is 0.0164. The van der Waals surface area contributed by atoms with Gasteiger partial charge in [0.1, 0.15) is 22.8 Å². The summed E-state index contributed by atoms with van der Waals surface area (Å²) in [7, 11) is 0. The number of H-pyrrole nitrogens is 1. The molecule has 2 aliphatic rings. The van der Waals surface area contributed by atoms with E-state index in [1.807, 2.05) is 27.7 Å². The standard InChI is InChI=1S/C23H33FN4O3/c1-22(2,3)31-21(29)28-11-7-14(8-12-28)17-16(24)13-25-20-18(17)26-19(27-20)15-5-9-23(4,30)10-6-15/h13-15,30H,5-12H2,1-4H3,(H,25,26,27). The molecule has 2 aromatic heterocycles. The van der Waals surface area contributed by atoms with E-state index in [0.717, 1.165) is 31.5 Å². The molecule has 2 fully saturated rings. The second-order valence-corrected chi connectivity index (χ2v) is 10.4. The van der Waals surface area contributed by atoms with Gasteiger partial charge in [0.15, 0.2) is 5.65 Å². The lowest BCUT2D eigenvalue weighted by Gasteiger charge is -2.33. The third-order valence-corrected chi connectivity index (χ3v) is 6.53. The molecule has 7 nitrogen and oxygen atoms in total. The number of likely N-dealkylation sites (tertiary alicyclic amines) is 1. The summed E-state index contributed by atoms with van der Waals surface area (Å²) in [6, 6.07) is 0. The van der Waals surface area contributed by atoms with Crippen LogP contribution >= 0.6 is 0 Å². The van der Waals surface area contributed by atoms with E-state index in [1.54, 1.807) is 4.90 Å². The molecule has 4 rings (SSSR count). The van der Waals surface area contributed by atoms with Crippen LogP contribution < -0.4 is 0 Å². The molecule has 31 heavy (non-hydrogen) atoms. The molecule has 0 atom stereocenters. The van der Waals surface area contributed by atoms with Gasteiger partial charge in [-0.25, -0.2) is 19.2 Å². The third kappa shape index (κ3) is 4.84. The molecule has 1 amide bonds. The van der Waals surface area contributed by atoms with Crippen LogP contribution in [0.5, 0.6) is 0 Å². The van der Waals surface area contributed by atoms with Crippen LogP contribution in [0.1, 0.15) is 89.4 Å². The molecule has 0 aromatic carbocycles. The highest BCUT2D eigenvalue weighted by Gasteiger charge is 2.33. The molecule has 8 heteroatoms. The zero-order valence-corrected chi connectivity index (χ0v) is 18.9. The Hall–Kier alpha value is -2.22. The van der Waals surface area contributed by atoms with Crippen LogP contribution in [0.4, 0.5) is 9.18 Å². The number of halogens is 1. The number of hydrogen-bond acceptors (Lipinski definition) is 5. The number of pyridine rings is 1. The molecule has 1 saturated heterocycles. The maximum absolute atomic E-state index is 14.9. The maximum Gasteiger partial charge on any atom is 0.410 e. The lowest BCUT2D eigenvalue weighted by atomic mass is 9.80. The van der Waals surface area contributed by atoms with Crippen molar-refractivity contribution in [2.24, 2.45) is 0 Å². The number of fused-ring (bicyclic) bond motifs is 1. The van der Waals surface area contributed by atoms with Crippen LogP contribution in [0.2, 0.25) is 0 Å². The lowest BCUT2D eigenvalue weighted by Crippen LogP contribution is -2.41. The summed E-state index contributed by atoms with van der Waals surface area (Å²) < 4.78 is 20.3. The molecular weight excluding hydrogens is 399 g/mol. The van der Waals surface area contributed by atoms with Crippen molar-refractivity contribution < 1.29 is 19.0 Å². The minimum absolute atomic E-state index is 0.0209. The Bertz CT molecular complexity index is 948. The topological polar surface area (TPSA) is 91.3 Å². The molecule has 1 aliphatic heterocycles. The van der Waals surface area contributed by atoms with E-state index in [-0.39, 0.29) is 23.7 Å². The predicted octanol–water partition coefficient (Wildman–Crippen LogP) is 4.62. The van der Waals surface area contributed by atoms with E-state index in [0.29, 0.717) is 42.7 Å². The minimum Gasteiger partial charge on any atom is -0.444 e. The fourth-order valence-electron chi connectivity index (χ4n) is 4.74. The molecule has 0 radical (unpaired) electrons. The van der Waals surface area contributed by atoms with Crippen molar-refractivity contribution in [3.63, 3.8) is 0 Å². The number of aromatic nitrogens is 3. The number of carbonyl (C=O) groups excluding carboxylic acids is 1. The van der Waals surface area contributed by atoms with E-state index < -0.39 is 11.2 Å². The fraction of sp³-hybridized carbons (Fsp3) is 0.696. The molecule has 2 aromatic rings. The van der Waals surface area contributed by atoms with Gasteiger partial charge < -0.3 is 19.7 Å². The molecular formula is C23H33FN4O3. The first-order valence-electron chi connectivity index (χ1n) is 11.3. The van der Waals surface area contributed by atoms with Gasteiger partial charge in [0.05, 0.1) is 11.8 Å². The summed E-state index contributed by atoms with van der Waals surface area (Å²) in [5.41, 5.74) is 0.663. The van der Waals surface area contributed by atoms with E-state index >= 15 is 0 Å². The Morgan fingerprint density at radius 3 is 2.48 bits per heavy atom. The smallest absolute Gasteiger partial charge is 0.410 e. The number of hydrogen-bond donors (Lipinski definition) is 2. The number of ether oxygens (including phenoxy) is 1. The fourth-order valence-corrected chi connectivity index (χ4v) is 4.74. The summed E-state index contributed by atoms with van der Waals surface area (Å²) in [6.45, 7) is 8.48. The van der Waals surface area contributed by atoms with Gasteiger partial charge in [-0.05, 0) is 72.1 Å². The van der Waals surface area contributed by atoms with Gasteiger partial charge in [-0.15, -0.1) is 0 Å². The second kappa shape index (κ2) is 8.04. The van der Waals surface area contributed by atoms with Crippen molar-refractivity contribution in [1.82, 2.24) is 19.9 Å². The number of carbonyl (C=O) groups is 1. The van der Waals surface area contributed by atoms with Gasteiger partial charge in [0.2, 0.25) is 0 Å². The van der Waals surface area contributed by atoms with E-state index in [4.69, 9.17) is 9.72 Å². The molecule has 1 aliphatic carbocycles. The maximum atomic E-state index is 14.9. The molecule has 1 saturated carbocycles.